The summed E-state index contributed by atoms with van der Waals surface area (Å²) in [5.74, 6) is -0.779. The van der Waals surface area contributed by atoms with Gasteiger partial charge in [-0.1, -0.05) is 0 Å². The van der Waals surface area contributed by atoms with Crippen molar-refractivity contribution >= 4 is 11.7 Å². The summed E-state index contributed by atoms with van der Waals surface area (Å²) in [7, 11) is 1.76. The first-order valence-electron chi connectivity index (χ1n) is 6.68. The summed E-state index contributed by atoms with van der Waals surface area (Å²) in [5.41, 5.74) is 1.96. The van der Waals surface area contributed by atoms with Crippen LogP contribution >= 0.6 is 0 Å². The number of esters is 1. The molecule has 1 atom stereocenters. The van der Waals surface area contributed by atoms with Crippen molar-refractivity contribution < 1.29 is 13.9 Å². The number of halogens is 1. The lowest BCUT2D eigenvalue weighted by molar-refractivity contribution is -0.144. The number of nitrogens with zero attached hydrogens (tertiary/aromatic N) is 2. The molecular weight excluding hydrogens is 273 g/mol. The zero-order valence-electron chi connectivity index (χ0n) is 12.3. The molecule has 21 heavy (non-hydrogen) atoms. The van der Waals surface area contributed by atoms with Crippen molar-refractivity contribution in [2.24, 2.45) is 7.05 Å². The molecule has 0 bridgehead atoms. The summed E-state index contributed by atoms with van der Waals surface area (Å²) >= 11 is 0. The molecule has 2 aromatic rings. The highest BCUT2D eigenvalue weighted by molar-refractivity contribution is 5.81. The first-order valence-corrected chi connectivity index (χ1v) is 6.68. The van der Waals surface area contributed by atoms with Gasteiger partial charge >= 0.3 is 5.97 Å². The molecule has 0 spiro atoms. The summed E-state index contributed by atoms with van der Waals surface area (Å²) in [4.78, 5) is 12.1. The SMILES string of the molecule is CCOC(=O)C(Nc1cc(C)cc(F)c1)c1cnn(C)c1. The highest BCUT2D eigenvalue weighted by atomic mass is 19.1. The smallest absolute Gasteiger partial charge is 0.333 e. The van der Waals surface area contributed by atoms with Gasteiger partial charge in [0.25, 0.3) is 0 Å². The topological polar surface area (TPSA) is 56.1 Å². The van der Waals surface area contributed by atoms with E-state index in [1.807, 2.05) is 0 Å². The number of aryl methyl sites for hydroxylation is 2. The first kappa shape index (κ1) is 15.0. The largest absolute Gasteiger partial charge is 0.464 e. The summed E-state index contributed by atoms with van der Waals surface area (Å²) < 4.78 is 20.1. The van der Waals surface area contributed by atoms with Crippen molar-refractivity contribution in [1.29, 1.82) is 0 Å². The molecule has 1 heterocycles. The molecule has 112 valence electrons. The van der Waals surface area contributed by atoms with E-state index in [-0.39, 0.29) is 12.4 Å². The fraction of sp³-hybridized carbons (Fsp3) is 0.333. The molecule has 1 aromatic heterocycles. The Morgan fingerprint density at radius 3 is 2.81 bits per heavy atom. The number of aromatic nitrogens is 2. The van der Waals surface area contributed by atoms with E-state index in [0.717, 1.165) is 5.56 Å². The minimum Gasteiger partial charge on any atom is -0.464 e. The molecule has 1 aromatic carbocycles. The number of benzene rings is 1. The Morgan fingerprint density at radius 2 is 2.24 bits per heavy atom. The van der Waals surface area contributed by atoms with Crippen molar-refractivity contribution in [3.05, 3.63) is 47.5 Å². The van der Waals surface area contributed by atoms with Crippen LogP contribution in [0.25, 0.3) is 0 Å². The Labute approximate surface area is 122 Å². The van der Waals surface area contributed by atoms with Gasteiger partial charge in [0, 0.05) is 24.5 Å². The minimum atomic E-state index is -0.722. The summed E-state index contributed by atoms with van der Waals surface area (Å²) in [5, 5.41) is 7.06. The molecule has 0 amide bonds. The van der Waals surface area contributed by atoms with Gasteiger partial charge in [0.1, 0.15) is 5.82 Å². The third-order valence-corrected chi connectivity index (χ3v) is 2.93. The highest BCUT2D eigenvalue weighted by Crippen LogP contribution is 2.22. The van der Waals surface area contributed by atoms with Crippen LogP contribution in [0.15, 0.2) is 30.6 Å². The van der Waals surface area contributed by atoms with Crippen LogP contribution in [0, 0.1) is 12.7 Å². The lowest BCUT2D eigenvalue weighted by Gasteiger charge is -2.17. The Kier molecular flexibility index (Phi) is 4.57. The maximum atomic E-state index is 13.5. The van der Waals surface area contributed by atoms with Crippen LogP contribution in [0.2, 0.25) is 0 Å². The Hall–Kier alpha value is -2.37. The van der Waals surface area contributed by atoms with Crippen LogP contribution in [0.5, 0.6) is 0 Å². The molecule has 5 nitrogen and oxygen atoms in total. The second-order valence-corrected chi connectivity index (χ2v) is 4.79. The molecule has 0 aliphatic heterocycles. The number of nitrogens with one attached hydrogen (secondary N) is 1. The van der Waals surface area contributed by atoms with Crippen molar-refractivity contribution in [1.82, 2.24) is 9.78 Å². The Bertz CT molecular complexity index is 619. The van der Waals surface area contributed by atoms with E-state index < -0.39 is 12.0 Å². The van der Waals surface area contributed by atoms with Crippen molar-refractivity contribution in [3.8, 4) is 0 Å². The van der Waals surface area contributed by atoms with Crippen LogP contribution in [-0.2, 0) is 16.6 Å². The lowest BCUT2D eigenvalue weighted by Crippen LogP contribution is -2.23. The summed E-state index contributed by atoms with van der Waals surface area (Å²) in [6.07, 6.45) is 3.31. The molecule has 2 rings (SSSR count). The molecule has 0 radical (unpaired) electrons. The maximum absolute atomic E-state index is 13.5. The van der Waals surface area contributed by atoms with Crippen LogP contribution in [0.3, 0.4) is 0 Å². The van der Waals surface area contributed by atoms with Gasteiger partial charge in [-0.2, -0.15) is 5.10 Å². The predicted molar refractivity (Wildman–Crippen MR) is 77.3 cm³/mol. The van der Waals surface area contributed by atoms with E-state index in [4.69, 9.17) is 4.74 Å². The van der Waals surface area contributed by atoms with E-state index in [1.165, 1.54) is 12.1 Å². The monoisotopic (exact) mass is 291 g/mol. The third kappa shape index (κ3) is 3.81. The van der Waals surface area contributed by atoms with E-state index in [1.54, 1.807) is 44.0 Å². The van der Waals surface area contributed by atoms with Crippen LogP contribution in [-0.4, -0.2) is 22.4 Å². The number of carbonyl (C=O) groups is 1. The second-order valence-electron chi connectivity index (χ2n) is 4.79. The normalized spacial score (nSPS) is 12.0. The molecule has 0 saturated carbocycles. The fourth-order valence-electron chi connectivity index (χ4n) is 2.08. The van der Waals surface area contributed by atoms with Gasteiger partial charge in [0.2, 0.25) is 0 Å². The standard InChI is InChI=1S/C15H18FN3O2/c1-4-21-15(20)14(11-8-17-19(3)9-11)18-13-6-10(2)5-12(16)7-13/h5-9,14,18H,4H2,1-3H3. The van der Waals surface area contributed by atoms with Gasteiger partial charge in [0.05, 0.1) is 12.8 Å². The number of carbonyl (C=O) groups excluding carboxylic acids is 1. The number of hydrogen-bond acceptors (Lipinski definition) is 4. The second kappa shape index (κ2) is 6.39. The minimum absolute atomic E-state index is 0.277. The summed E-state index contributed by atoms with van der Waals surface area (Å²) in [6.45, 7) is 3.81. The van der Waals surface area contributed by atoms with Crippen molar-refractivity contribution in [3.63, 3.8) is 0 Å². The molecule has 0 saturated heterocycles. The average Bonchev–Trinajstić information content (AvgIpc) is 2.81. The number of ether oxygens (including phenoxy) is 1. The molecule has 1 unspecified atom stereocenters. The quantitative estimate of drug-likeness (QED) is 0.860. The highest BCUT2D eigenvalue weighted by Gasteiger charge is 2.23. The predicted octanol–water partition coefficient (Wildman–Crippen LogP) is 2.58. The van der Waals surface area contributed by atoms with E-state index in [9.17, 15) is 9.18 Å². The molecule has 0 fully saturated rings. The average molecular weight is 291 g/mol. The number of rotatable bonds is 5. The first-order chi connectivity index (χ1) is 9.99. The van der Waals surface area contributed by atoms with Crippen LogP contribution in [0.4, 0.5) is 10.1 Å². The zero-order chi connectivity index (χ0) is 15.4. The van der Waals surface area contributed by atoms with Gasteiger partial charge in [-0.15, -0.1) is 0 Å². The molecule has 0 aliphatic rings. The van der Waals surface area contributed by atoms with E-state index in [2.05, 4.69) is 10.4 Å². The fourth-order valence-corrected chi connectivity index (χ4v) is 2.08. The van der Waals surface area contributed by atoms with Gasteiger partial charge in [0.15, 0.2) is 6.04 Å². The summed E-state index contributed by atoms with van der Waals surface area (Å²) in [6, 6.07) is 3.82. The van der Waals surface area contributed by atoms with Gasteiger partial charge in [-0.25, -0.2) is 9.18 Å². The molecule has 6 heteroatoms. The maximum Gasteiger partial charge on any atom is 0.333 e. The Morgan fingerprint density at radius 1 is 1.48 bits per heavy atom. The van der Waals surface area contributed by atoms with Gasteiger partial charge in [-0.3, -0.25) is 4.68 Å². The lowest BCUT2D eigenvalue weighted by atomic mass is 10.1. The zero-order valence-corrected chi connectivity index (χ0v) is 12.3. The number of anilines is 1. The molecule has 1 N–H and O–H groups in total. The Balaban J connectivity index is 2.29. The molecular formula is C15H18FN3O2. The van der Waals surface area contributed by atoms with Gasteiger partial charge in [-0.05, 0) is 37.6 Å². The van der Waals surface area contributed by atoms with Crippen LogP contribution in [0.1, 0.15) is 24.1 Å². The van der Waals surface area contributed by atoms with Crippen LogP contribution < -0.4 is 5.32 Å². The van der Waals surface area contributed by atoms with Crippen molar-refractivity contribution in [2.75, 3.05) is 11.9 Å². The molecule has 0 aliphatic carbocycles. The van der Waals surface area contributed by atoms with E-state index in [0.29, 0.717) is 11.3 Å². The van der Waals surface area contributed by atoms with Gasteiger partial charge < -0.3 is 10.1 Å². The van der Waals surface area contributed by atoms with Crippen molar-refractivity contribution in [2.45, 2.75) is 19.9 Å². The number of hydrogen-bond donors (Lipinski definition) is 1. The third-order valence-electron chi connectivity index (χ3n) is 2.93. The van der Waals surface area contributed by atoms with E-state index >= 15 is 0 Å².